The van der Waals surface area contributed by atoms with Gasteiger partial charge in [-0.3, -0.25) is 19.3 Å². The Kier molecular flexibility index (Phi) is 7.31. The van der Waals surface area contributed by atoms with Crippen molar-refractivity contribution < 1.29 is 14.4 Å². The van der Waals surface area contributed by atoms with Crippen molar-refractivity contribution in [3.63, 3.8) is 0 Å². The third kappa shape index (κ3) is 5.08. The maximum Gasteiger partial charge on any atom is 0.283 e. The van der Waals surface area contributed by atoms with Crippen LogP contribution in [0.25, 0.3) is 0 Å². The van der Waals surface area contributed by atoms with Crippen molar-refractivity contribution in [3.8, 4) is 0 Å². The summed E-state index contributed by atoms with van der Waals surface area (Å²) in [5.41, 5.74) is 4.74. The normalized spacial score (nSPS) is 16.4. The second-order valence-electron chi connectivity index (χ2n) is 9.61. The molecule has 8 heteroatoms. The molecular weight excluding hydrogens is 500 g/mol. The van der Waals surface area contributed by atoms with Crippen molar-refractivity contribution in [2.24, 2.45) is 0 Å². The molecule has 2 aliphatic heterocycles. The molecule has 2 aliphatic rings. The summed E-state index contributed by atoms with van der Waals surface area (Å²) in [6.45, 7) is 7.64. The molecule has 1 N–H and O–H groups in total. The van der Waals surface area contributed by atoms with E-state index in [9.17, 15) is 14.4 Å². The molecule has 0 radical (unpaired) electrons. The molecule has 3 aromatic carbocycles. The number of nitrogens with one attached hydrogen (secondary N) is 1. The highest BCUT2D eigenvalue weighted by Gasteiger charge is 2.39. The fourth-order valence-electron chi connectivity index (χ4n) is 4.78. The smallest absolute Gasteiger partial charge is 0.283 e. The molecule has 1 saturated heterocycles. The van der Waals surface area contributed by atoms with Crippen LogP contribution in [0.3, 0.4) is 0 Å². The molecule has 2 heterocycles. The summed E-state index contributed by atoms with van der Waals surface area (Å²) in [5, 5.41) is 2.82. The van der Waals surface area contributed by atoms with E-state index < -0.39 is 11.8 Å². The SMILES string of the molecule is Cc1cccc(N2C(=O)C(Cl)=C(Nc3ccc(C(=O)N4CCN(Cc5ccccc5)CC4)cc3)C2=O)c1C. The maximum absolute atomic E-state index is 13.2. The number of halogens is 1. The summed E-state index contributed by atoms with van der Waals surface area (Å²) >= 11 is 6.30. The van der Waals surface area contributed by atoms with Crippen molar-refractivity contribution in [1.82, 2.24) is 9.80 Å². The van der Waals surface area contributed by atoms with Crippen LogP contribution in [0.15, 0.2) is 83.5 Å². The topological polar surface area (TPSA) is 73.0 Å². The van der Waals surface area contributed by atoms with Crippen LogP contribution in [-0.4, -0.2) is 53.7 Å². The maximum atomic E-state index is 13.2. The summed E-state index contributed by atoms with van der Waals surface area (Å²) in [6, 6.07) is 22.7. The van der Waals surface area contributed by atoms with Crippen molar-refractivity contribution in [3.05, 3.63) is 106 Å². The molecule has 1 fully saturated rings. The van der Waals surface area contributed by atoms with Crippen molar-refractivity contribution in [2.45, 2.75) is 20.4 Å². The lowest BCUT2D eigenvalue weighted by molar-refractivity contribution is -0.120. The average Bonchev–Trinajstić information content (AvgIpc) is 3.14. The quantitative estimate of drug-likeness (QED) is 0.470. The highest BCUT2D eigenvalue weighted by molar-refractivity contribution is 6.53. The molecule has 0 unspecified atom stereocenters. The zero-order chi connectivity index (χ0) is 26.8. The Labute approximate surface area is 227 Å². The molecular formula is C30H29ClN4O3. The number of carbonyl (C=O) groups is 3. The van der Waals surface area contributed by atoms with E-state index in [2.05, 4.69) is 22.3 Å². The minimum Gasteiger partial charge on any atom is -0.350 e. The van der Waals surface area contributed by atoms with Gasteiger partial charge in [-0.15, -0.1) is 0 Å². The third-order valence-electron chi connectivity index (χ3n) is 7.15. The zero-order valence-corrected chi connectivity index (χ0v) is 22.2. The number of aryl methyl sites for hydroxylation is 1. The first kappa shape index (κ1) is 25.7. The predicted molar refractivity (Wildman–Crippen MR) is 149 cm³/mol. The van der Waals surface area contributed by atoms with Gasteiger partial charge in [-0.1, -0.05) is 54.1 Å². The highest BCUT2D eigenvalue weighted by atomic mass is 35.5. The largest absolute Gasteiger partial charge is 0.350 e. The second-order valence-corrected chi connectivity index (χ2v) is 9.99. The summed E-state index contributed by atoms with van der Waals surface area (Å²) in [6.07, 6.45) is 0. The fraction of sp³-hybridized carbons (Fsp3) is 0.233. The van der Waals surface area contributed by atoms with Gasteiger partial charge >= 0.3 is 0 Å². The van der Waals surface area contributed by atoms with E-state index in [-0.39, 0.29) is 16.6 Å². The van der Waals surface area contributed by atoms with Gasteiger partial charge in [-0.05, 0) is 60.9 Å². The molecule has 0 atom stereocenters. The van der Waals surface area contributed by atoms with Crippen LogP contribution in [0.4, 0.5) is 11.4 Å². The summed E-state index contributed by atoms with van der Waals surface area (Å²) in [5.74, 6) is -1.10. The minimum atomic E-state index is -0.564. The van der Waals surface area contributed by atoms with Gasteiger partial charge in [0, 0.05) is 44.0 Å². The van der Waals surface area contributed by atoms with E-state index >= 15 is 0 Å². The van der Waals surface area contributed by atoms with Gasteiger partial charge in [0.2, 0.25) is 0 Å². The second kappa shape index (κ2) is 10.8. The van der Waals surface area contributed by atoms with Gasteiger partial charge in [0.1, 0.15) is 10.7 Å². The van der Waals surface area contributed by atoms with Crippen molar-refractivity contribution in [1.29, 1.82) is 0 Å². The van der Waals surface area contributed by atoms with Gasteiger partial charge in [0.15, 0.2) is 0 Å². The lowest BCUT2D eigenvalue weighted by Gasteiger charge is -2.34. The van der Waals surface area contributed by atoms with Crippen molar-refractivity contribution in [2.75, 3.05) is 36.4 Å². The molecule has 0 saturated carbocycles. The number of imide groups is 1. The Balaban J connectivity index is 1.21. The molecule has 0 spiro atoms. The summed E-state index contributed by atoms with van der Waals surface area (Å²) in [7, 11) is 0. The number of amides is 3. The minimum absolute atomic E-state index is 0.0196. The lowest BCUT2D eigenvalue weighted by atomic mass is 10.1. The molecule has 0 bridgehead atoms. The van der Waals surface area contributed by atoms with Crippen LogP contribution in [0, 0.1) is 13.8 Å². The molecule has 0 aromatic heterocycles. The van der Waals surface area contributed by atoms with E-state index in [0.717, 1.165) is 35.7 Å². The van der Waals surface area contributed by atoms with Crippen LogP contribution in [-0.2, 0) is 16.1 Å². The number of carbonyl (C=O) groups excluding carboxylic acids is 3. The summed E-state index contributed by atoms with van der Waals surface area (Å²) in [4.78, 5) is 44.4. The molecule has 5 rings (SSSR count). The third-order valence-corrected chi connectivity index (χ3v) is 7.50. The van der Waals surface area contributed by atoms with E-state index in [0.29, 0.717) is 30.0 Å². The number of nitrogens with zero attached hydrogens (tertiary/aromatic N) is 3. The number of benzene rings is 3. The average molecular weight is 529 g/mol. The molecule has 194 valence electrons. The van der Waals surface area contributed by atoms with Crippen LogP contribution in [0.5, 0.6) is 0 Å². The van der Waals surface area contributed by atoms with E-state index in [1.165, 1.54) is 5.56 Å². The number of hydrogen-bond donors (Lipinski definition) is 1. The van der Waals surface area contributed by atoms with Gasteiger partial charge in [0.05, 0.1) is 5.69 Å². The van der Waals surface area contributed by atoms with E-state index in [4.69, 9.17) is 11.6 Å². The van der Waals surface area contributed by atoms with Crippen LogP contribution in [0.2, 0.25) is 0 Å². The Morgan fingerprint density at radius 1 is 0.842 bits per heavy atom. The molecule has 0 aliphatic carbocycles. The Morgan fingerprint density at radius 3 is 2.21 bits per heavy atom. The van der Waals surface area contributed by atoms with E-state index in [1.54, 1.807) is 36.4 Å². The monoisotopic (exact) mass is 528 g/mol. The molecule has 7 nitrogen and oxygen atoms in total. The summed E-state index contributed by atoms with van der Waals surface area (Å²) < 4.78 is 0. The van der Waals surface area contributed by atoms with Crippen LogP contribution >= 0.6 is 11.6 Å². The van der Waals surface area contributed by atoms with Crippen LogP contribution in [0.1, 0.15) is 27.0 Å². The predicted octanol–water partition coefficient (Wildman–Crippen LogP) is 4.70. The van der Waals surface area contributed by atoms with Gasteiger partial charge in [0.25, 0.3) is 17.7 Å². The van der Waals surface area contributed by atoms with Crippen molar-refractivity contribution >= 4 is 40.7 Å². The zero-order valence-electron chi connectivity index (χ0n) is 21.4. The van der Waals surface area contributed by atoms with Gasteiger partial charge in [-0.25, -0.2) is 4.90 Å². The first-order valence-corrected chi connectivity index (χ1v) is 13.0. The highest BCUT2D eigenvalue weighted by Crippen LogP contribution is 2.33. The lowest BCUT2D eigenvalue weighted by Crippen LogP contribution is -2.48. The number of rotatable bonds is 6. The first-order valence-electron chi connectivity index (χ1n) is 12.6. The number of piperazine rings is 1. The van der Waals surface area contributed by atoms with Gasteiger partial charge < -0.3 is 10.2 Å². The molecule has 3 aromatic rings. The Bertz CT molecular complexity index is 1410. The number of hydrogen-bond acceptors (Lipinski definition) is 5. The molecule has 3 amide bonds. The van der Waals surface area contributed by atoms with Crippen LogP contribution < -0.4 is 10.2 Å². The Morgan fingerprint density at radius 2 is 1.53 bits per heavy atom. The molecule has 38 heavy (non-hydrogen) atoms. The number of anilines is 2. The van der Waals surface area contributed by atoms with Gasteiger partial charge in [-0.2, -0.15) is 0 Å². The Hall–Kier alpha value is -3.94. The first-order chi connectivity index (χ1) is 18.3. The van der Waals surface area contributed by atoms with E-state index in [1.807, 2.05) is 43.0 Å². The standard InChI is InChI=1S/C30H29ClN4O3/c1-20-7-6-10-25(21(20)2)35-29(37)26(31)27(30(35)38)32-24-13-11-23(12-14-24)28(36)34-17-15-33(16-18-34)19-22-8-4-3-5-9-22/h3-14,32H,15-19H2,1-2H3. The fourth-order valence-corrected chi connectivity index (χ4v) is 4.99.